The van der Waals surface area contributed by atoms with E-state index in [1.54, 1.807) is 37.0 Å². The normalized spacial score (nSPS) is 11.5. The van der Waals surface area contributed by atoms with Gasteiger partial charge in [0.2, 0.25) is 5.91 Å². The van der Waals surface area contributed by atoms with Gasteiger partial charge in [-0.1, -0.05) is 35.9 Å². The maximum atomic E-state index is 12.5. The van der Waals surface area contributed by atoms with Crippen molar-refractivity contribution < 1.29 is 9.59 Å². The SMILES string of the molecule is Cc1cccc(C(=O)NC(C)C(=O)Nc2cccc(CSc3ccccn3)c2)c1. The molecule has 1 aromatic heterocycles. The average molecular weight is 406 g/mol. The van der Waals surface area contributed by atoms with Crippen LogP contribution in [0.1, 0.15) is 28.4 Å². The van der Waals surface area contributed by atoms with Gasteiger partial charge in [-0.3, -0.25) is 9.59 Å². The number of benzene rings is 2. The minimum Gasteiger partial charge on any atom is -0.341 e. The van der Waals surface area contributed by atoms with Gasteiger partial charge in [0.15, 0.2) is 0 Å². The number of thioether (sulfide) groups is 1. The predicted molar refractivity (Wildman–Crippen MR) is 117 cm³/mol. The highest BCUT2D eigenvalue weighted by atomic mass is 32.2. The highest BCUT2D eigenvalue weighted by Gasteiger charge is 2.17. The third-order valence-electron chi connectivity index (χ3n) is 4.24. The molecule has 0 saturated heterocycles. The zero-order valence-corrected chi connectivity index (χ0v) is 17.2. The van der Waals surface area contributed by atoms with Crippen LogP contribution in [0.5, 0.6) is 0 Å². The molecule has 0 spiro atoms. The van der Waals surface area contributed by atoms with E-state index in [1.807, 2.05) is 61.5 Å². The zero-order valence-electron chi connectivity index (χ0n) is 16.4. The second-order valence-corrected chi connectivity index (χ2v) is 7.71. The Kier molecular flexibility index (Phi) is 7.03. The maximum Gasteiger partial charge on any atom is 0.251 e. The van der Waals surface area contributed by atoms with E-state index in [-0.39, 0.29) is 11.8 Å². The molecule has 6 heteroatoms. The van der Waals surface area contributed by atoms with E-state index in [1.165, 1.54) is 0 Å². The molecule has 2 aromatic carbocycles. The van der Waals surface area contributed by atoms with Crippen molar-refractivity contribution in [1.29, 1.82) is 0 Å². The number of amides is 2. The number of aryl methyl sites for hydroxylation is 1. The van der Waals surface area contributed by atoms with Crippen molar-refractivity contribution in [1.82, 2.24) is 10.3 Å². The number of aromatic nitrogens is 1. The molecule has 2 amide bonds. The smallest absolute Gasteiger partial charge is 0.251 e. The van der Waals surface area contributed by atoms with Crippen molar-refractivity contribution in [3.63, 3.8) is 0 Å². The van der Waals surface area contributed by atoms with E-state index in [2.05, 4.69) is 15.6 Å². The first-order chi connectivity index (χ1) is 14.0. The zero-order chi connectivity index (χ0) is 20.6. The Balaban J connectivity index is 1.56. The summed E-state index contributed by atoms with van der Waals surface area (Å²) in [5.41, 5.74) is 3.31. The van der Waals surface area contributed by atoms with Gasteiger partial charge in [-0.2, -0.15) is 0 Å². The maximum absolute atomic E-state index is 12.5. The molecule has 148 valence electrons. The standard InChI is InChI=1S/C23H23N3O2S/c1-16-7-5-9-19(13-16)23(28)25-17(2)22(27)26-20-10-6-8-18(14-20)15-29-21-11-3-4-12-24-21/h3-14,17H,15H2,1-2H3,(H,25,28)(H,26,27). The molecule has 1 atom stereocenters. The van der Waals surface area contributed by atoms with Gasteiger partial charge in [0.1, 0.15) is 6.04 Å². The van der Waals surface area contributed by atoms with Crippen molar-refractivity contribution in [2.75, 3.05) is 5.32 Å². The van der Waals surface area contributed by atoms with E-state index in [0.717, 1.165) is 21.9 Å². The van der Waals surface area contributed by atoms with Crippen molar-refractivity contribution in [3.8, 4) is 0 Å². The number of hydrogen-bond donors (Lipinski definition) is 2. The number of anilines is 1. The van der Waals surface area contributed by atoms with E-state index in [4.69, 9.17) is 0 Å². The Bertz CT molecular complexity index is 992. The first-order valence-electron chi connectivity index (χ1n) is 9.32. The fraction of sp³-hybridized carbons (Fsp3) is 0.174. The second-order valence-electron chi connectivity index (χ2n) is 6.71. The Morgan fingerprint density at radius 1 is 1.03 bits per heavy atom. The van der Waals surface area contributed by atoms with Crippen LogP contribution < -0.4 is 10.6 Å². The molecule has 29 heavy (non-hydrogen) atoms. The first-order valence-corrected chi connectivity index (χ1v) is 10.3. The van der Waals surface area contributed by atoms with Crippen molar-refractivity contribution >= 4 is 29.3 Å². The Hall–Kier alpha value is -3.12. The van der Waals surface area contributed by atoms with Gasteiger partial charge in [-0.25, -0.2) is 4.98 Å². The molecule has 0 saturated carbocycles. The summed E-state index contributed by atoms with van der Waals surface area (Å²) in [5.74, 6) is 0.220. The minimum absolute atomic E-state index is 0.263. The summed E-state index contributed by atoms with van der Waals surface area (Å²) in [6, 6.07) is 20.1. The van der Waals surface area contributed by atoms with Crippen LogP contribution in [0.3, 0.4) is 0 Å². The lowest BCUT2D eigenvalue weighted by Crippen LogP contribution is -2.41. The summed E-state index contributed by atoms with van der Waals surface area (Å²) >= 11 is 1.63. The lowest BCUT2D eigenvalue weighted by molar-refractivity contribution is -0.117. The van der Waals surface area contributed by atoms with Crippen LogP contribution in [0.25, 0.3) is 0 Å². The first kappa shape index (κ1) is 20.6. The van der Waals surface area contributed by atoms with Crippen molar-refractivity contribution in [2.45, 2.75) is 30.7 Å². The van der Waals surface area contributed by atoms with Gasteiger partial charge >= 0.3 is 0 Å². The van der Waals surface area contributed by atoms with Gasteiger partial charge < -0.3 is 10.6 Å². The fourth-order valence-electron chi connectivity index (χ4n) is 2.71. The fourth-order valence-corrected chi connectivity index (χ4v) is 3.52. The molecule has 1 unspecified atom stereocenters. The number of carbonyl (C=O) groups excluding carboxylic acids is 2. The molecule has 1 heterocycles. The molecular weight excluding hydrogens is 382 g/mol. The molecule has 0 aliphatic rings. The number of nitrogens with zero attached hydrogens (tertiary/aromatic N) is 1. The van der Waals surface area contributed by atoms with E-state index >= 15 is 0 Å². The Morgan fingerprint density at radius 2 is 1.86 bits per heavy atom. The number of pyridine rings is 1. The van der Waals surface area contributed by atoms with Crippen LogP contribution in [0.2, 0.25) is 0 Å². The van der Waals surface area contributed by atoms with Gasteiger partial charge in [-0.05, 0) is 55.8 Å². The number of nitrogens with one attached hydrogen (secondary N) is 2. The third kappa shape index (κ3) is 6.19. The van der Waals surface area contributed by atoms with Gasteiger partial charge in [-0.15, -0.1) is 11.8 Å². The van der Waals surface area contributed by atoms with Crippen LogP contribution in [0, 0.1) is 6.92 Å². The van der Waals surface area contributed by atoms with Crippen LogP contribution in [-0.4, -0.2) is 22.8 Å². The highest BCUT2D eigenvalue weighted by Crippen LogP contribution is 2.22. The summed E-state index contributed by atoms with van der Waals surface area (Å²) in [6.07, 6.45) is 1.77. The minimum atomic E-state index is -0.658. The lowest BCUT2D eigenvalue weighted by atomic mass is 10.1. The average Bonchev–Trinajstić information content (AvgIpc) is 2.73. The van der Waals surface area contributed by atoms with Gasteiger partial charge in [0.05, 0.1) is 5.03 Å². The number of hydrogen-bond acceptors (Lipinski definition) is 4. The van der Waals surface area contributed by atoms with Gasteiger partial charge in [0, 0.05) is 23.2 Å². The predicted octanol–water partition coefficient (Wildman–Crippen LogP) is 4.44. The highest BCUT2D eigenvalue weighted by molar-refractivity contribution is 7.98. The van der Waals surface area contributed by atoms with Crippen LogP contribution in [0.4, 0.5) is 5.69 Å². The second kappa shape index (κ2) is 9.89. The monoisotopic (exact) mass is 405 g/mol. The summed E-state index contributed by atoms with van der Waals surface area (Å²) in [7, 11) is 0. The van der Waals surface area contributed by atoms with E-state index in [9.17, 15) is 9.59 Å². The molecule has 3 rings (SSSR count). The molecule has 3 aromatic rings. The van der Waals surface area contributed by atoms with Gasteiger partial charge in [0.25, 0.3) is 5.91 Å². The quantitative estimate of drug-likeness (QED) is 0.570. The van der Waals surface area contributed by atoms with Crippen LogP contribution in [0.15, 0.2) is 78.0 Å². The lowest BCUT2D eigenvalue weighted by Gasteiger charge is -2.15. The molecule has 0 bridgehead atoms. The molecule has 0 radical (unpaired) electrons. The van der Waals surface area contributed by atoms with E-state index in [0.29, 0.717) is 11.3 Å². The molecular formula is C23H23N3O2S. The number of carbonyl (C=O) groups is 2. The summed E-state index contributed by atoms with van der Waals surface area (Å²) in [6.45, 7) is 3.59. The molecule has 0 aliphatic carbocycles. The number of rotatable bonds is 7. The van der Waals surface area contributed by atoms with Crippen molar-refractivity contribution in [3.05, 3.63) is 89.6 Å². The summed E-state index contributed by atoms with van der Waals surface area (Å²) < 4.78 is 0. The van der Waals surface area contributed by atoms with E-state index < -0.39 is 6.04 Å². The Morgan fingerprint density at radius 3 is 2.62 bits per heavy atom. The van der Waals surface area contributed by atoms with Crippen LogP contribution >= 0.6 is 11.8 Å². The molecule has 2 N–H and O–H groups in total. The Labute approximate surface area is 175 Å². The largest absolute Gasteiger partial charge is 0.341 e. The molecule has 0 fully saturated rings. The molecule has 0 aliphatic heterocycles. The van der Waals surface area contributed by atoms with Crippen molar-refractivity contribution in [2.24, 2.45) is 0 Å². The van der Waals surface area contributed by atoms with Crippen LogP contribution in [-0.2, 0) is 10.5 Å². The summed E-state index contributed by atoms with van der Waals surface area (Å²) in [5, 5.41) is 6.56. The molecule has 5 nitrogen and oxygen atoms in total. The summed E-state index contributed by atoms with van der Waals surface area (Å²) in [4.78, 5) is 29.1. The topological polar surface area (TPSA) is 71.1 Å². The third-order valence-corrected chi connectivity index (χ3v) is 5.26.